The molecule has 15 heavy (non-hydrogen) atoms. The summed E-state index contributed by atoms with van der Waals surface area (Å²) in [5.41, 5.74) is 0. The fourth-order valence-electron chi connectivity index (χ4n) is 0.704. The molecule has 0 rings (SSSR count). The molecule has 0 heterocycles. The predicted molar refractivity (Wildman–Crippen MR) is 65.3 cm³/mol. The number of carboxylic acid groups (broad SMARTS) is 1. The molecule has 0 saturated carbocycles. The van der Waals surface area contributed by atoms with Crippen molar-refractivity contribution in [1.82, 2.24) is 0 Å². The highest BCUT2D eigenvalue weighted by atomic mass is 16.5. The lowest BCUT2D eigenvalue weighted by molar-refractivity contribution is -0.134. The van der Waals surface area contributed by atoms with Gasteiger partial charge < -0.3 is 9.84 Å². The molecule has 0 aliphatic rings. The molecule has 94 valence electrons. The number of hydrogen-bond donors (Lipinski definition) is 1. The van der Waals surface area contributed by atoms with E-state index >= 15 is 0 Å². The molecule has 0 aromatic carbocycles. The average Bonchev–Trinajstić information content (AvgIpc) is 2.16. The van der Waals surface area contributed by atoms with Gasteiger partial charge in [-0.3, -0.25) is 4.79 Å². The van der Waals surface area contributed by atoms with Crippen molar-refractivity contribution < 1.29 is 14.6 Å². The quantitative estimate of drug-likeness (QED) is 0.718. The van der Waals surface area contributed by atoms with Crippen LogP contribution in [0.1, 0.15) is 60.3 Å². The minimum atomic E-state index is -0.833. The molecule has 0 radical (unpaired) electrons. The second-order valence-corrected chi connectivity index (χ2v) is 3.01. The Morgan fingerprint density at radius 3 is 1.33 bits per heavy atom. The molecule has 0 spiro atoms. The van der Waals surface area contributed by atoms with Gasteiger partial charge in [0.25, 0.3) is 5.97 Å². The highest BCUT2D eigenvalue weighted by Gasteiger charge is 1.75. The lowest BCUT2D eigenvalue weighted by Gasteiger charge is -1.86. The summed E-state index contributed by atoms with van der Waals surface area (Å²) in [6.07, 6.45) is 5.54. The van der Waals surface area contributed by atoms with Crippen molar-refractivity contribution in [3.63, 3.8) is 0 Å². The molecule has 0 aliphatic carbocycles. The van der Waals surface area contributed by atoms with E-state index in [1.165, 1.54) is 25.7 Å². The third kappa shape index (κ3) is 89.4. The lowest BCUT2D eigenvalue weighted by atomic mass is 10.2. The van der Waals surface area contributed by atoms with Gasteiger partial charge in [0.05, 0.1) is 0 Å². The minimum absolute atomic E-state index is 0.833. The van der Waals surface area contributed by atoms with E-state index in [-0.39, 0.29) is 0 Å². The Morgan fingerprint density at radius 2 is 1.27 bits per heavy atom. The molecule has 0 aliphatic heterocycles. The average molecular weight is 220 g/mol. The zero-order valence-electron chi connectivity index (χ0n) is 11.0. The number of ether oxygens (including phenoxy) is 1. The van der Waals surface area contributed by atoms with Gasteiger partial charge in [-0.2, -0.15) is 0 Å². The van der Waals surface area contributed by atoms with Crippen LogP contribution >= 0.6 is 0 Å². The van der Waals surface area contributed by atoms with Gasteiger partial charge >= 0.3 is 0 Å². The van der Waals surface area contributed by atoms with Gasteiger partial charge in [-0.05, 0) is 13.8 Å². The summed E-state index contributed by atoms with van der Waals surface area (Å²) in [4.78, 5) is 9.00. The Balaban J connectivity index is -0.000000147. The number of carbonyl (C=O) groups is 1. The zero-order chi connectivity index (χ0) is 12.5. The number of aliphatic carboxylic acids is 1. The Bertz CT molecular complexity index is 93.0. The van der Waals surface area contributed by atoms with Crippen molar-refractivity contribution >= 4 is 5.97 Å². The van der Waals surface area contributed by atoms with Gasteiger partial charge in [0.2, 0.25) is 0 Å². The number of hydrogen-bond acceptors (Lipinski definition) is 2. The van der Waals surface area contributed by atoms with Crippen LogP contribution in [0, 0.1) is 0 Å². The van der Waals surface area contributed by atoms with Crippen LogP contribution in [0.25, 0.3) is 0 Å². The second kappa shape index (κ2) is 23.3. The highest BCUT2D eigenvalue weighted by Crippen LogP contribution is 1.95. The summed E-state index contributed by atoms with van der Waals surface area (Å²) >= 11 is 0. The second-order valence-electron chi connectivity index (χ2n) is 3.01. The zero-order valence-corrected chi connectivity index (χ0v) is 11.0. The van der Waals surface area contributed by atoms with Crippen molar-refractivity contribution in [2.24, 2.45) is 0 Å². The maximum atomic E-state index is 9.00. The summed E-state index contributed by atoms with van der Waals surface area (Å²) in [5, 5.41) is 7.42. The number of carboxylic acids is 1. The van der Waals surface area contributed by atoms with Crippen LogP contribution in [-0.4, -0.2) is 24.3 Å². The van der Waals surface area contributed by atoms with E-state index in [1.54, 1.807) is 0 Å². The van der Waals surface area contributed by atoms with Gasteiger partial charge in [-0.15, -0.1) is 0 Å². The first-order chi connectivity index (χ1) is 7.06. The van der Waals surface area contributed by atoms with E-state index in [0.29, 0.717) is 0 Å². The molecule has 3 heteroatoms. The Labute approximate surface area is 94.8 Å². The van der Waals surface area contributed by atoms with Crippen LogP contribution in [0.4, 0.5) is 0 Å². The fourth-order valence-corrected chi connectivity index (χ4v) is 0.704. The molecular weight excluding hydrogens is 192 g/mol. The monoisotopic (exact) mass is 220 g/mol. The lowest BCUT2D eigenvalue weighted by Crippen LogP contribution is -1.84. The van der Waals surface area contributed by atoms with E-state index in [4.69, 9.17) is 14.6 Å². The van der Waals surface area contributed by atoms with Crippen LogP contribution in [0.5, 0.6) is 0 Å². The maximum Gasteiger partial charge on any atom is 0.300 e. The van der Waals surface area contributed by atoms with Gasteiger partial charge in [-0.1, -0.05) is 39.5 Å². The molecule has 0 fully saturated rings. The number of rotatable bonds is 5. The molecule has 0 aromatic rings. The smallest absolute Gasteiger partial charge is 0.300 e. The molecule has 1 N–H and O–H groups in total. The van der Waals surface area contributed by atoms with Crippen molar-refractivity contribution in [3.05, 3.63) is 0 Å². The summed E-state index contributed by atoms with van der Waals surface area (Å²) in [7, 11) is 0. The van der Waals surface area contributed by atoms with Crippen molar-refractivity contribution in [3.8, 4) is 0 Å². The van der Waals surface area contributed by atoms with Gasteiger partial charge in [0.15, 0.2) is 0 Å². The van der Waals surface area contributed by atoms with Crippen LogP contribution in [0.15, 0.2) is 0 Å². The van der Waals surface area contributed by atoms with E-state index in [2.05, 4.69) is 13.8 Å². The third-order valence-electron chi connectivity index (χ3n) is 1.37. The highest BCUT2D eigenvalue weighted by molar-refractivity contribution is 5.62. The molecule has 0 amide bonds. The first-order valence-electron chi connectivity index (χ1n) is 5.83. The Hall–Kier alpha value is -0.570. The van der Waals surface area contributed by atoms with E-state index in [0.717, 1.165) is 20.1 Å². The van der Waals surface area contributed by atoms with E-state index in [1.807, 2.05) is 13.8 Å². The minimum Gasteiger partial charge on any atom is -0.481 e. The van der Waals surface area contributed by atoms with Crippen molar-refractivity contribution in [2.45, 2.75) is 60.3 Å². The summed E-state index contributed by atoms with van der Waals surface area (Å²) < 4.78 is 4.83. The summed E-state index contributed by atoms with van der Waals surface area (Å²) in [6, 6.07) is 0. The molecule has 0 aromatic heterocycles. The fraction of sp³-hybridized carbons (Fsp3) is 0.917. The Kier molecular flexibility index (Phi) is 31.0. The first kappa shape index (κ1) is 19.9. The molecule has 0 atom stereocenters. The van der Waals surface area contributed by atoms with Gasteiger partial charge in [0.1, 0.15) is 0 Å². The van der Waals surface area contributed by atoms with E-state index < -0.39 is 5.97 Å². The summed E-state index contributed by atoms with van der Waals surface area (Å²) in [6.45, 7) is 11.2. The SMILES string of the molecule is CC(=O)O.CCCCCC.CCOCC. The molecule has 0 bridgehead atoms. The van der Waals surface area contributed by atoms with Crippen molar-refractivity contribution in [2.75, 3.05) is 13.2 Å². The summed E-state index contributed by atoms with van der Waals surface area (Å²) in [5.74, 6) is -0.833. The maximum absolute atomic E-state index is 9.00. The first-order valence-corrected chi connectivity index (χ1v) is 5.83. The van der Waals surface area contributed by atoms with E-state index in [9.17, 15) is 0 Å². The van der Waals surface area contributed by atoms with Gasteiger partial charge in [0, 0.05) is 20.1 Å². The molecule has 0 saturated heterocycles. The van der Waals surface area contributed by atoms with Crippen LogP contribution in [-0.2, 0) is 9.53 Å². The molecular formula is C12H28O3. The molecule has 3 nitrogen and oxygen atoms in total. The predicted octanol–water partition coefficient (Wildman–Crippen LogP) is 3.72. The van der Waals surface area contributed by atoms with Crippen LogP contribution < -0.4 is 0 Å². The normalized spacial score (nSPS) is 8.07. The van der Waals surface area contributed by atoms with Crippen LogP contribution in [0.3, 0.4) is 0 Å². The topological polar surface area (TPSA) is 46.5 Å². The largest absolute Gasteiger partial charge is 0.481 e. The van der Waals surface area contributed by atoms with Gasteiger partial charge in [-0.25, -0.2) is 0 Å². The standard InChI is InChI=1S/C6H14.C4H10O.C2H4O2/c1-3-5-6-4-2;1-3-5-4-2;1-2(3)4/h3-6H2,1-2H3;3-4H2,1-2H3;1H3,(H,3,4). The third-order valence-corrected chi connectivity index (χ3v) is 1.37. The Morgan fingerprint density at radius 1 is 1.00 bits per heavy atom. The number of unbranched alkanes of at least 4 members (excludes halogenated alkanes) is 3. The van der Waals surface area contributed by atoms with Crippen LogP contribution in [0.2, 0.25) is 0 Å². The molecule has 0 unspecified atom stereocenters. The van der Waals surface area contributed by atoms with Crippen molar-refractivity contribution in [1.29, 1.82) is 0 Å².